The van der Waals surface area contributed by atoms with Crippen molar-refractivity contribution in [3.63, 3.8) is 0 Å². The Morgan fingerprint density at radius 2 is 1.84 bits per heavy atom. The number of rotatable bonds is 5. The van der Waals surface area contributed by atoms with Gasteiger partial charge in [-0.1, -0.05) is 36.6 Å². The van der Waals surface area contributed by atoms with Crippen LogP contribution in [0.4, 0.5) is 4.79 Å². The van der Waals surface area contributed by atoms with Crippen LogP contribution >= 0.6 is 11.6 Å². The van der Waals surface area contributed by atoms with Crippen molar-refractivity contribution in [2.24, 2.45) is 0 Å². The van der Waals surface area contributed by atoms with E-state index in [4.69, 9.17) is 11.6 Å². The Morgan fingerprint density at radius 1 is 1.05 bits per heavy atom. The summed E-state index contributed by atoms with van der Waals surface area (Å²) in [6.45, 7) is 5.37. The van der Waals surface area contributed by atoms with Gasteiger partial charge in [0.2, 0.25) is 0 Å². The van der Waals surface area contributed by atoms with E-state index < -0.39 is 11.6 Å². The molecule has 3 aliphatic heterocycles. The van der Waals surface area contributed by atoms with Crippen LogP contribution in [0.25, 0.3) is 10.9 Å². The number of nitrogens with zero attached hydrogens (tertiary/aromatic N) is 3. The van der Waals surface area contributed by atoms with E-state index in [9.17, 15) is 14.7 Å². The smallest absolute Gasteiger partial charge is 0.328 e. The highest BCUT2D eigenvalue weighted by Gasteiger charge is 2.60. The number of benzene rings is 2. The van der Waals surface area contributed by atoms with E-state index in [0.29, 0.717) is 18.0 Å². The molecule has 8 heteroatoms. The third-order valence-corrected chi connectivity index (χ3v) is 8.60. The molecule has 0 spiro atoms. The third kappa shape index (κ3) is 4.09. The number of likely N-dealkylation sites (tertiary alicyclic amines) is 1. The average Bonchev–Trinajstić information content (AvgIpc) is 3.14. The van der Waals surface area contributed by atoms with Gasteiger partial charge in [-0.15, -0.1) is 0 Å². The molecule has 1 aromatic heterocycles. The lowest BCUT2D eigenvalue weighted by atomic mass is 9.81. The molecule has 2 aromatic carbocycles. The zero-order valence-corrected chi connectivity index (χ0v) is 21.9. The lowest BCUT2D eigenvalue weighted by Gasteiger charge is -2.42. The van der Waals surface area contributed by atoms with Crippen molar-refractivity contribution < 1.29 is 14.7 Å². The quantitative estimate of drug-likeness (QED) is 0.438. The molecule has 2 unspecified atom stereocenters. The number of imide groups is 1. The van der Waals surface area contributed by atoms with Crippen molar-refractivity contribution in [3.8, 4) is 5.75 Å². The number of phenols is 1. The van der Waals surface area contributed by atoms with Gasteiger partial charge >= 0.3 is 6.03 Å². The summed E-state index contributed by atoms with van der Waals surface area (Å²) in [5.74, 6) is -0.0293. The molecular weight excluding hydrogens is 488 g/mol. The summed E-state index contributed by atoms with van der Waals surface area (Å²) < 4.78 is 0. The molecule has 194 valence electrons. The Morgan fingerprint density at radius 3 is 2.59 bits per heavy atom. The Kier molecular flexibility index (Phi) is 6.16. The van der Waals surface area contributed by atoms with Crippen LogP contribution in [0.1, 0.15) is 61.9 Å². The summed E-state index contributed by atoms with van der Waals surface area (Å²) in [4.78, 5) is 37.1. The van der Waals surface area contributed by atoms with Crippen molar-refractivity contribution in [2.75, 3.05) is 26.2 Å². The van der Waals surface area contributed by atoms with E-state index in [1.807, 2.05) is 31.2 Å². The number of urea groups is 1. The van der Waals surface area contributed by atoms with Gasteiger partial charge in [-0.05, 0) is 87.3 Å². The van der Waals surface area contributed by atoms with Gasteiger partial charge in [-0.2, -0.15) is 0 Å². The number of aromatic amines is 1. The first-order chi connectivity index (χ1) is 17.9. The number of phenolic OH excluding ortho intramolecular Hbond substituents is 1. The van der Waals surface area contributed by atoms with Gasteiger partial charge in [-0.25, -0.2) is 4.79 Å². The number of halogens is 1. The van der Waals surface area contributed by atoms with Crippen molar-refractivity contribution in [2.45, 2.75) is 57.0 Å². The number of hydrogen-bond donors (Lipinski definition) is 2. The molecule has 2 N–H and O–H groups in total. The zero-order valence-electron chi connectivity index (χ0n) is 21.2. The van der Waals surface area contributed by atoms with Gasteiger partial charge in [0.1, 0.15) is 17.3 Å². The lowest BCUT2D eigenvalue weighted by Crippen LogP contribution is -2.53. The number of H-pyrrole nitrogens is 1. The largest absolute Gasteiger partial charge is 0.508 e. The first kappa shape index (κ1) is 24.3. The molecule has 3 aromatic rings. The summed E-state index contributed by atoms with van der Waals surface area (Å²) >= 11 is 6.35. The minimum Gasteiger partial charge on any atom is -0.508 e. The molecule has 2 fully saturated rings. The highest BCUT2D eigenvalue weighted by molar-refractivity contribution is 6.31. The van der Waals surface area contributed by atoms with E-state index in [0.717, 1.165) is 53.8 Å². The fraction of sp³-hybridized carbons (Fsp3) is 0.448. The molecule has 2 saturated heterocycles. The number of hydrogen-bond acceptors (Lipinski definition) is 4. The molecule has 37 heavy (non-hydrogen) atoms. The zero-order chi connectivity index (χ0) is 25.7. The standard InChI is InChI=1S/C29H33ClN4O3/c1-29-18-23-22-17-20(30)10-11-24(22)31-25(23)26(19-8-6-9-21(35)16-19)34(29)28(37)33(27(29)36)15-7-14-32-12-4-2-3-5-13-32/h6,8-11,16-17,26,31,35H,2-5,7,12-15,18H2,1H3. The Balaban J connectivity index is 1.36. The first-order valence-corrected chi connectivity index (χ1v) is 13.7. The van der Waals surface area contributed by atoms with E-state index >= 15 is 0 Å². The fourth-order valence-corrected chi connectivity index (χ4v) is 6.71. The van der Waals surface area contributed by atoms with Gasteiger partial charge in [0, 0.05) is 34.6 Å². The maximum absolute atomic E-state index is 14.0. The normalized spacial score (nSPS) is 24.4. The monoisotopic (exact) mass is 520 g/mol. The topological polar surface area (TPSA) is 79.9 Å². The predicted octanol–water partition coefficient (Wildman–Crippen LogP) is 5.46. The van der Waals surface area contributed by atoms with E-state index in [-0.39, 0.29) is 17.7 Å². The molecule has 0 radical (unpaired) electrons. The van der Waals surface area contributed by atoms with E-state index in [1.165, 1.54) is 30.6 Å². The molecule has 0 aliphatic carbocycles. The van der Waals surface area contributed by atoms with Crippen LogP contribution in [0.15, 0.2) is 42.5 Å². The molecule has 0 saturated carbocycles. The molecule has 6 rings (SSSR count). The maximum atomic E-state index is 14.0. The van der Waals surface area contributed by atoms with Crippen LogP contribution < -0.4 is 0 Å². The lowest BCUT2D eigenvalue weighted by molar-refractivity contribution is -0.133. The highest BCUT2D eigenvalue weighted by atomic mass is 35.5. The van der Waals surface area contributed by atoms with Crippen molar-refractivity contribution in [1.29, 1.82) is 0 Å². The molecule has 7 nitrogen and oxygen atoms in total. The molecule has 3 amide bonds. The first-order valence-electron chi connectivity index (χ1n) is 13.3. The SMILES string of the molecule is CC12Cc3c([nH]c4ccc(Cl)cc34)C(c3cccc(O)c3)N1C(=O)N(CCCN1CCCCCC1)C2=O. The summed E-state index contributed by atoms with van der Waals surface area (Å²) in [6, 6.07) is 11.9. The summed E-state index contributed by atoms with van der Waals surface area (Å²) in [5.41, 5.74) is 2.52. The van der Waals surface area contributed by atoms with Crippen molar-refractivity contribution >= 4 is 34.4 Å². The van der Waals surface area contributed by atoms with Crippen molar-refractivity contribution in [1.82, 2.24) is 19.7 Å². The molecule has 4 heterocycles. The summed E-state index contributed by atoms with van der Waals surface area (Å²) in [7, 11) is 0. The number of aromatic hydroxyl groups is 1. The summed E-state index contributed by atoms with van der Waals surface area (Å²) in [5, 5.41) is 11.9. The third-order valence-electron chi connectivity index (χ3n) is 8.37. The second-order valence-electron chi connectivity index (χ2n) is 10.9. The second kappa shape index (κ2) is 9.37. The van der Waals surface area contributed by atoms with Crippen LogP contribution in [-0.2, 0) is 11.2 Å². The number of fused-ring (bicyclic) bond motifs is 4. The van der Waals surface area contributed by atoms with E-state index in [2.05, 4.69) is 9.88 Å². The Hall–Kier alpha value is -3.03. The second-order valence-corrected chi connectivity index (χ2v) is 11.3. The summed E-state index contributed by atoms with van der Waals surface area (Å²) in [6.07, 6.45) is 6.17. The van der Waals surface area contributed by atoms with Gasteiger partial charge < -0.3 is 15.0 Å². The van der Waals surface area contributed by atoms with Crippen LogP contribution in [0, 0.1) is 0 Å². The van der Waals surface area contributed by atoms with Crippen LogP contribution in [0.5, 0.6) is 5.75 Å². The van der Waals surface area contributed by atoms with Crippen LogP contribution in [0.2, 0.25) is 5.02 Å². The minimum absolute atomic E-state index is 0.123. The minimum atomic E-state index is -1.03. The predicted molar refractivity (Wildman–Crippen MR) is 144 cm³/mol. The van der Waals surface area contributed by atoms with Crippen molar-refractivity contribution in [3.05, 3.63) is 64.3 Å². The van der Waals surface area contributed by atoms with Gasteiger partial charge in [0.25, 0.3) is 5.91 Å². The molecule has 3 aliphatic rings. The number of carbonyl (C=O) groups excluding carboxylic acids is 2. The Bertz CT molecular complexity index is 1360. The number of amides is 3. The van der Waals surface area contributed by atoms with Crippen LogP contribution in [0.3, 0.4) is 0 Å². The van der Waals surface area contributed by atoms with Gasteiger partial charge in [-0.3, -0.25) is 14.6 Å². The number of carbonyl (C=O) groups is 2. The average molecular weight is 521 g/mol. The van der Waals surface area contributed by atoms with Crippen LogP contribution in [-0.4, -0.2) is 68.4 Å². The number of aromatic nitrogens is 1. The fourth-order valence-electron chi connectivity index (χ4n) is 6.54. The van der Waals surface area contributed by atoms with Gasteiger partial charge in [0.15, 0.2) is 0 Å². The Labute approximate surface area is 222 Å². The highest BCUT2D eigenvalue weighted by Crippen LogP contribution is 2.49. The molecular formula is C29H33ClN4O3. The molecule has 0 bridgehead atoms. The molecule has 2 atom stereocenters. The van der Waals surface area contributed by atoms with E-state index in [1.54, 1.807) is 23.1 Å². The maximum Gasteiger partial charge on any atom is 0.328 e. The van der Waals surface area contributed by atoms with Gasteiger partial charge in [0.05, 0.1) is 0 Å². The number of nitrogens with one attached hydrogen (secondary N) is 1.